The summed E-state index contributed by atoms with van der Waals surface area (Å²) in [6.07, 6.45) is 5.62. The van der Waals surface area contributed by atoms with Gasteiger partial charge in [0.05, 0.1) is 11.1 Å². The second kappa shape index (κ2) is 9.15. The second-order valence-corrected chi connectivity index (χ2v) is 8.82. The molecule has 0 amide bonds. The minimum absolute atomic E-state index is 0.201. The predicted octanol–water partition coefficient (Wildman–Crippen LogP) is 4.09. The Balaban J connectivity index is 1.46. The Hall–Kier alpha value is -3.91. The highest BCUT2D eigenvalue weighted by Gasteiger charge is 2.19. The minimum atomic E-state index is -0.201. The topological polar surface area (TPSA) is 109 Å². The van der Waals surface area contributed by atoms with Crippen molar-refractivity contribution in [1.82, 2.24) is 19.9 Å². The molecular formula is C26H28N6O2. The quantitative estimate of drug-likeness (QED) is 0.415. The highest BCUT2D eigenvalue weighted by molar-refractivity contribution is 5.95. The summed E-state index contributed by atoms with van der Waals surface area (Å²) in [5, 5.41) is 4.63. The van der Waals surface area contributed by atoms with Crippen LogP contribution in [0.1, 0.15) is 18.4 Å². The molecule has 1 aliphatic heterocycles. The van der Waals surface area contributed by atoms with E-state index in [1.807, 2.05) is 43.3 Å². The summed E-state index contributed by atoms with van der Waals surface area (Å²) in [5.74, 6) is 1.81. The minimum Gasteiger partial charge on any atom is -0.490 e. The van der Waals surface area contributed by atoms with Gasteiger partial charge in [0.15, 0.2) is 0 Å². The van der Waals surface area contributed by atoms with E-state index in [-0.39, 0.29) is 11.7 Å². The van der Waals surface area contributed by atoms with E-state index in [1.165, 1.54) is 0 Å². The summed E-state index contributed by atoms with van der Waals surface area (Å²) >= 11 is 0. The molecule has 8 heteroatoms. The molecule has 0 atom stereocenters. The molecule has 0 unspecified atom stereocenters. The standard InChI is InChI=1S/C26H28N6O2/c1-16-13-19(4-5-22(16)34-20-8-11-32(2)12-9-20)30-25-24-17(7-10-28-26(24)33)14-21(31-25)18-3-6-23(27)29-15-18/h3-7,10,13-15,20H,8-9,11-12H2,1-2H3,(H2,27,29)(H,28,33)(H,30,31). The van der Waals surface area contributed by atoms with Crippen molar-refractivity contribution >= 4 is 28.1 Å². The maximum atomic E-state index is 12.7. The number of nitrogens with zero attached hydrogens (tertiary/aromatic N) is 3. The van der Waals surface area contributed by atoms with Gasteiger partial charge in [0.1, 0.15) is 23.5 Å². The number of benzene rings is 1. The smallest absolute Gasteiger partial charge is 0.259 e. The molecule has 5 rings (SSSR count). The molecule has 0 bridgehead atoms. The van der Waals surface area contributed by atoms with Gasteiger partial charge in [-0.25, -0.2) is 9.97 Å². The van der Waals surface area contributed by atoms with Crippen molar-refractivity contribution < 1.29 is 4.74 Å². The fourth-order valence-electron chi connectivity index (χ4n) is 4.29. The average Bonchev–Trinajstić information content (AvgIpc) is 2.82. The van der Waals surface area contributed by atoms with Gasteiger partial charge in [-0.3, -0.25) is 4.79 Å². The normalized spacial score (nSPS) is 14.9. The maximum absolute atomic E-state index is 12.7. The number of likely N-dealkylation sites (tertiary alicyclic amines) is 1. The van der Waals surface area contributed by atoms with Crippen LogP contribution in [0.15, 0.2) is 59.7 Å². The monoisotopic (exact) mass is 456 g/mol. The summed E-state index contributed by atoms with van der Waals surface area (Å²) in [4.78, 5) is 26.7. The summed E-state index contributed by atoms with van der Waals surface area (Å²) in [5.41, 5.74) is 8.91. The lowest BCUT2D eigenvalue weighted by molar-refractivity contribution is 0.113. The highest BCUT2D eigenvalue weighted by Crippen LogP contribution is 2.30. The van der Waals surface area contributed by atoms with Crippen molar-refractivity contribution in [3.63, 3.8) is 0 Å². The van der Waals surface area contributed by atoms with Crippen molar-refractivity contribution in [2.45, 2.75) is 25.9 Å². The predicted molar refractivity (Wildman–Crippen MR) is 136 cm³/mol. The van der Waals surface area contributed by atoms with E-state index in [0.717, 1.165) is 53.9 Å². The number of aryl methyl sites for hydroxylation is 1. The van der Waals surface area contributed by atoms with Gasteiger partial charge in [0.25, 0.3) is 5.56 Å². The van der Waals surface area contributed by atoms with Gasteiger partial charge < -0.3 is 25.7 Å². The van der Waals surface area contributed by atoms with Gasteiger partial charge in [-0.05, 0) is 80.2 Å². The van der Waals surface area contributed by atoms with Crippen LogP contribution in [-0.2, 0) is 0 Å². The Morgan fingerprint density at radius 1 is 1.15 bits per heavy atom. The molecule has 34 heavy (non-hydrogen) atoms. The van der Waals surface area contributed by atoms with Gasteiger partial charge in [-0.15, -0.1) is 0 Å². The zero-order chi connectivity index (χ0) is 23.7. The molecule has 0 aliphatic carbocycles. The fourth-order valence-corrected chi connectivity index (χ4v) is 4.29. The number of aromatic nitrogens is 3. The number of hydrogen-bond donors (Lipinski definition) is 3. The third kappa shape index (κ3) is 4.58. The van der Waals surface area contributed by atoms with Crippen LogP contribution < -0.4 is 21.3 Å². The molecule has 1 saturated heterocycles. The number of nitrogens with two attached hydrogens (primary N) is 1. The molecule has 0 saturated carbocycles. The molecule has 0 radical (unpaired) electrons. The second-order valence-electron chi connectivity index (χ2n) is 8.82. The van der Waals surface area contributed by atoms with E-state index < -0.39 is 0 Å². The number of anilines is 3. The molecule has 3 aromatic heterocycles. The van der Waals surface area contributed by atoms with Crippen LogP contribution in [-0.4, -0.2) is 46.1 Å². The molecule has 174 valence electrons. The zero-order valence-corrected chi connectivity index (χ0v) is 19.3. The molecular weight excluding hydrogens is 428 g/mol. The number of nitrogens with one attached hydrogen (secondary N) is 2. The molecule has 1 aliphatic rings. The lowest BCUT2D eigenvalue weighted by atomic mass is 10.1. The molecule has 1 fully saturated rings. The number of aromatic amines is 1. The first-order chi connectivity index (χ1) is 16.5. The first-order valence-corrected chi connectivity index (χ1v) is 11.4. The number of H-pyrrole nitrogens is 1. The fraction of sp³-hybridized carbons (Fsp3) is 0.269. The van der Waals surface area contributed by atoms with Gasteiger partial charge >= 0.3 is 0 Å². The summed E-state index contributed by atoms with van der Waals surface area (Å²) in [6.45, 7) is 4.14. The third-order valence-electron chi connectivity index (χ3n) is 6.23. The lowest BCUT2D eigenvalue weighted by Crippen LogP contribution is -2.35. The van der Waals surface area contributed by atoms with Gasteiger partial charge in [0, 0.05) is 36.7 Å². The van der Waals surface area contributed by atoms with Crippen LogP contribution in [0.25, 0.3) is 22.0 Å². The number of ether oxygens (including phenoxy) is 1. The first-order valence-electron chi connectivity index (χ1n) is 11.4. The molecule has 1 aromatic carbocycles. The van der Waals surface area contributed by atoms with Crippen LogP contribution in [0, 0.1) is 6.92 Å². The van der Waals surface area contributed by atoms with Crippen molar-refractivity contribution in [2.75, 3.05) is 31.2 Å². The van der Waals surface area contributed by atoms with Crippen molar-refractivity contribution in [3.05, 3.63) is 70.8 Å². The first kappa shape index (κ1) is 21.9. The molecule has 4 heterocycles. The summed E-state index contributed by atoms with van der Waals surface area (Å²) < 4.78 is 6.27. The number of pyridine rings is 3. The van der Waals surface area contributed by atoms with Crippen LogP contribution in [0.3, 0.4) is 0 Å². The SMILES string of the molecule is Cc1cc(Nc2nc(-c3ccc(N)nc3)cc3cc[nH]c(=O)c23)ccc1OC1CCN(C)CC1. The third-order valence-corrected chi connectivity index (χ3v) is 6.23. The summed E-state index contributed by atoms with van der Waals surface area (Å²) in [6, 6.07) is 13.3. The Morgan fingerprint density at radius 2 is 1.97 bits per heavy atom. The van der Waals surface area contributed by atoms with Crippen molar-refractivity contribution in [2.24, 2.45) is 0 Å². The zero-order valence-electron chi connectivity index (χ0n) is 19.3. The van der Waals surface area contributed by atoms with Crippen molar-refractivity contribution in [3.8, 4) is 17.0 Å². The number of hydrogen-bond acceptors (Lipinski definition) is 7. The van der Waals surface area contributed by atoms with E-state index >= 15 is 0 Å². The van der Waals surface area contributed by atoms with Gasteiger partial charge in [0.2, 0.25) is 0 Å². The maximum Gasteiger partial charge on any atom is 0.259 e. The molecule has 0 spiro atoms. The Kier molecular flexibility index (Phi) is 5.90. The van der Waals surface area contributed by atoms with Crippen LogP contribution in [0.5, 0.6) is 5.75 Å². The van der Waals surface area contributed by atoms with E-state index in [9.17, 15) is 4.79 Å². The van der Waals surface area contributed by atoms with E-state index in [4.69, 9.17) is 15.5 Å². The van der Waals surface area contributed by atoms with Gasteiger partial charge in [-0.1, -0.05) is 0 Å². The number of piperidine rings is 1. The Morgan fingerprint density at radius 3 is 2.71 bits per heavy atom. The number of fused-ring (bicyclic) bond motifs is 1. The largest absolute Gasteiger partial charge is 0.490 e. The number of rotatable bonds is 5. The van der Waals surface area contributed by atoms with E-state index in [0.29, 0.717) is 22.7 Å². The van der Waals surface area contributed by atoms with Gasteiger partial charge in [-0.2, -0.15) is 0 Å². The van der Waals surface area contributed by atoms with Crippen LogP contribution in [0.4, 0.5) is 17.3 Å². The lowest BCUT2D eigenvalue weighted by Gasteiger charge is -2.29. The van der Waals surface area contributed by atoms with Crippen molar-refractivity contribution in [1.29, 1.82) is 0 Å². The summed E-state index contributed by atoms with van der Waals surface area (Å²) in [7, 11) is 2.14. The molecule has 8 nitrogen and oxygen atoms in total. The molecule has 4 N–H and O–H groups in total. The Bertz CT molecular complexity index is 1370. The number of nitrogen functional groups attached to an aromatic ring is 1. The van der Waals surface area contributed by atoms with Crippen LogP contribution in [0.2, 0.25) is 0 Å². The average molecular weight is 457 g/mol. The highest BCUT2D eigenvalue weighted by atomic mass is 16.5. The molecule has 4 aromatic rings. The van der Waals surface area contributed by atoms with E-state index in [1.54, 1.807) is 18.5 Å². The Labute approximate surface area is 197 Å². The van der Waals surface area contributed by atoms with E-state index in [2.05, 4.69) is 27.2 Å². The van der Waals surface area contributed by atoms with Crippen LogP contribution >= 0.6 is 0 Å².